The summed E-state index contributed by atoms with van der Waals surface area (Å²) in [6.07, 6.45) is 5.46. The fraction of sp³-hybridized carbons (Fsp3) is 0.333. The van der Waals surface area contributed by atoms with Crippen molar-refractivity contribution in [3.63, 3.8) is 0 Å². The maximum atomic E-state index is 13.8. The van der Waals surface area contributed by atoms with Crippen molar-refractivity contribution in [2.24, 2.45) is 5.73 Å². The van der Waals surface area contributed by atoms with E-state index in [1.54, 1.807) is 16.6 Å². The van der Waals surface area contributed by atoms with Gasteiger partial charge in [-0.25, -0.2) is 13.9 Å². The normalized spacial score (nSPS) is 16.3. The summed E-state index contributed by atoms with van der Waals surface area (Å²) in [5, 5.41) is 7.50. The molecule has 3 aromatic rings. The van der Waals surface area contributed by atoms with E-state index >= 15 is 0 Å². The molecule has 3 N–H and O–H groups in total. The SMILES string of the molecule is NC1CCN(Cc2ccn3ncnc(Nc4ccc(Br)c(F)c4)c23)CC1. The van der Waals surface area contributed by atoms with Crippen molar-refractivity contribution >= 4 is 33.0 Å². The van der Waals surface area contributed by atoms with Crippen LogP contribution in [0, 0.1) is 5.82 Å². The van der Waals surface area contributed by atoms with Crippen LogP contribution in [-0.4, -0.2) is 38.6 Å². The second kappa shape index (κ2) is 7.30. The molecule has 0 amide bonds. The Labute approximate surface area is 159 Å². The number of benzene rings is 1. The van der Waals surface area contributed by atoms with Gasteiger partial charge in [0.05, 0.1) is 4.47 Å². The Morgan fingerprint density at radius 3 is 2.85 bits per heavy atom. The molecule has 0 atom stereocenters. The lowest BCUT2D eigenvalue weighted by Gasteiger charge is -2.29. The number of fused-ring (bicyclic) bond motifs is 1. The number of nitrogens with two attached hydrogens (primary N) is 1. The third-order valence-electron chi connectivity index (χ3n) is 4.75. The van der Waals surface area contributed by atoms with Gasteiger partial charge in [0.25, 0.3) is 0 Å². The lowest BCUT2D eigenvalue weighted by atomic mass is 10.1. The molecule has 0 aliphatic carbocycles. The summed E-state index contributed by atoms with van der Waals surface area (Å²) in [6.45, 7) is 2.81. The van der Waals surface area contributed by atoms with Gasteiger partial charge in [0.15, 0.2) is 5.82 Å². The molecular weight excluding hydrogens is 399 g/mol. The van der Waals surface area contributed by atoms with Crippen LogP contribution in [0.3, 0.4) is 0 Å². The second-order valence-electron chi connectivity index (χ2n) is 6.61. The van der Waals surface area contributed by atoms with Gasteiger partial charge >= 0.3 is 0 Å². The van der Waals surface area contributed by atoms with E-state index in [2.05, 4.69) is 42.3 Å². The summed E-state index contributed by atoms with van der Waals surface area (Å²) in [6, 6.07) is 7.29. The highest BCUT2D eigenvalue weighted by atomic mass is 79.9. The summed E-state index contributed by atoms with van der Waals surface area (Å²) in [5.41, 5.74) is 8.69. The fourth-order valence-electron chi connectivity index (χ4n) is 3.30. The molecule has 1 fully saturated rings. The number of nitrogens with zero attached hydrogens (tertiary/aromatic N) is 4. The van der Waals surface area contributed by atoms with Crippen LogP contribution in [0.25, 0.3) is 5.52 Å². The molecule has 0 saturated carbocycles. The first kappa shape index (κ1) is 17.4. The average Bonchev–Trinajstić information content (AvgIpc) is 3.04. The number of rotatable bonds is 4. The van der Waals surface area contributed by atoms with Crippen molar-refractivity contribution in [2.75, 3.05) is 18.4 Å². The second-order valence-corrected chi connectivity index (χ2v) is 7.46. The van der Waals surface area contributed by atoms with E-state index in [4.69, 9.17) is 5.73 Å². The van der Waals surface area contributed by atoms with Gasteiger partial charge < -0.3 is 11.1 Å². The molecule has 1 saturated heterocycles. The maximum absolute atomic E-state index is 13.8. The molecule has 136 valence electrons. The number of aromatic nitrogens is 3. The van der Waals surface area contributed by atoms with Crippen molar-refractivity contribution in [2.45, 2.75) is 25.4 Å². The van der Waals surface area contributed by atoms with Crippen molar-refractivity contribution in [3.05, 3.63) is 52.6 Å². The Bertz CT molecular complexity index is 919. The zero-order chi connectivity index (χ0) is 18.1. The minimum atomic E-state index is -0.319. The van der Waals surface area contributed by atoms with E-state index in [1.807, 2.05) is 6.20 Å². The minimum absolute atomic E-state index is 0.310. The highest BCUT2D eigenvalue weighted by Crippen LogP contribution is 2.26. The number of hydrogen-bond donors (Lipinski definition) is 2. The number of halogens is 2. The highest BCUT2D eigenvalue weighted by Gasteiger charge is 2.19. The predicted octanol–water partition coefficient (Wildman–Crippen LogP) is 3.30. The third-order valence-corrected chi connectivity index (χ3v) is 5.39. The lowest BCUT2D eigenvalue weighted by Crippen LogP contribution is -2.39. The first-order valence-electron chi connectivity index (χ1n) is 8.61. The van der Waals surface area contributed by atoms with E-state index in [0.717, 1.165) is 43.6 Å². The Morgan fingerprint density at radius 1 is 1.27 bits per heavy atom. The first-order valence-corrected chi connectivity index (χ1v) is 9.40. The summed E-state index contributed by atoms with van der Waals surface area (Å²) in [4.78, 5) is 6.77. The molecule has 8 heteroatoms. The quantitative estimate of drug-likeness (QED) is 0.679. The topological polar surface area (TPSA) is 71.5 Å². The van der Waals surface area contributed by atoms with Crippen LogP contribution in [0.15, 0.2) is 41.3 Å². The van der Waals surface area contributed by atoms with Gasteiger partial charge in [-0.05, 0) is 71.7 Å². The molecule has 0 spiro atoms. The minimum Gasteiger partial charge on any atom is -0.338 e. The standard InChI is InChI=1S/C18H20BrFN6/c19-15-2-1-14(9-16(15)20)24-18-17-12(3-8-26(17)23-11-22-18)10-25-6-4-13(21)5-7-25/h1-3,8-9,11,13H,4-7,10,21H2,(H,22,23,24). The van der Waals surface area contributed by atoms with Crippen LogP contribution in [0.4, 0.5) is 15.9 Å². The third kappa shape index (κ3) is 3.58. The van der Waals surface area contributed by atoms with Crippen molar-refractivity contribution in [1.29, 1.82) is 0 Å². The van der Waals surface area contributed by atoms with E-state index in [-0.39, 0.29) is 5.82 Å². The average molecular weight is 419 g/mol. The lowest BCUT2D eigenvalue weighted by molar-refractivity contribution is 0.206. The zero-order valence-corrected chi connectivity index (χ0v) is 15.8. The van der Waals surface area contributed by atoms with Crippen LogP contribution in [0.5, 0.6) is 0 Å². The van der Waals surface area contributed by atoms with E-state index in [1.165, 1.54) is 12.4 Å². The van der Waals surface area contributed by atoms with Gasteiger partial charge in [-0.3, -0.25) is 4.90 Å². The summed E-state index contributed by atoms with van der Waals surface area (Å²) < 4.78 is 16.0. The molecule has 3 heterocycles. The van der Waals surface area contributed by atoms with Crippen molar-refractivity contribution in [1.82, 2.24) is 19.5 Å². The molecule has 0 unspecified atom stereocenters. The van der Waals surface area contributed by atoms with Crippen LogP contribution < -0.4 is 11.1 Å². The summed E-state index contributed by atoms with van der Waals surface area (Å²) >= 11 is 3.17. The molecule has 1 aliphatic rings. The van der Waals surface area contributed by atoms with Crippen LogP contribution in [-0.2, 0) is 6.54 Å². The molecular formula is C18H20BrFN6. The molecule has 0 radical (unpaired) electrons. The van der Waals surface area contributed by atoms with Crippen LogP contribution in [0.2, 0.25) is 0 Å². The molecule has 2 aromatic heterocycles. The number of nitrogens with one attached hydrogen (secondary N) is 1. The van der Waals surface area contributed by atoms with Gasteiger partial charge in [-0.1, -0.05) is 0 Å². The first-order chi connectivity index (χ1) is 12.6. The van der Waals surface area contributed by atoms with E-state index in [0.29, 0.717) is 22.0 Å². The number of anilines is 2. The monoisotopic (exact) mass is 418 g/mol. The molecule has 6 nitrogen and oxygen atoms in total. The molecule has 4 rings (SSSR count). The molecule has 26 heavy (non-hydrogen) atoms. The summed E-state index contributed by atoms with van der Waals surface area (Å²) in [7, 11) is 0. The molecule has 0 bridgehead atoms. The largest absolute Gasteiger partial charge is 0.338 e. The molecule has 1 aliphatic heterocycles. The highest BCUT2D eigenvalue weighted by molar-refractivity contribution is 9.10. The molecule has 1 aromatic carbocycles. The maximum Gasteiger partial charge on any atom is 0.158 e. The zero-order valence-electron chi connectivity index (χ0n) is 14.2. The fourth-order valence-corrected chi connectivity index (χ4v) is 3.55. The number of piperidine rings is 1. The number of hydrogen-bond acceptors (Lipinski definition) is 5. The van der Waals surface area contributed by atoms with E-state index < -0.39 is 0 Å². The Kier molecular flexibility index (Phi) is 4.88. The van der Waals surface area contributed by atoms with E-state index in [9.17, 15) is 4.39 Å². The van der Waals surface area contributed by atoms with Gasteiger partial charge in [-0.2, -0.15) is 5.10 Å². The van der Waals surface area contributed by atoms with Gasteiger partial charge in [0.2, 0.25) is 0 Å². The summed E-state index contributed by atoms with van der Waals surface area (Å²) in [5.74, 6) is 0.343. The Balaban J connectivity index is 1.62. The van der Waals surface area contributed by atoms with Crippen molar-refractivity contribution in [3.8, 4) is 0 Å². The van der Waals surface area contributed by atoms with Gasteiger partial charge in [-0.15, -0.1) is 0 Å². The Hall–Kier alpha value is -2.03. The number of likely N-dealkylation sites (tertiary alicyclic amines) is 1. The van der Waals surface area contributed by atoms with Crippen molar-refractivity contribution < 1.29 is 4.39 Å². The predicted molar refractivity (Wildman–Crippen MR) is 103 cm³/mol. The Morgan fingerprint density at radius 2 is 2.08 bits per heavy atom. The van der Waals surface area contributed by atoms with Crippen LogP contribution >= 0.6 is 15.9 Å². The van der Waals surface area contributed by atoms with Crippen LogP contribution in [0.1, 0.15) is 18.4 Å². The van der Waals surface area contributed by atoms with Gasteiger partial charge in [0, 0.05) is 24.5 Å². The smallest absolute Gasteiger partial charge is 0.158 e. The van der Waals surface area contributed by atoms with Gasteiger partial charge in [0.1, 0.15) is 17.7 Å².